The van der Waals surface area contributed by atoms with E-state index in [1.165, 1.54) is 22.9 Å². The Morgan fingerprint density at radius 2 is 1.93 bits per heavy atom. The largest absolute Gasteiger partial charge is 0.496 e. The summed E-state index contributed by atoms with van der Waals surface area (Å²) in [5.74, 6) is 0.785. The van der Waals surface area contributed by atoms with Crippen LogP contribution in [0.4, 0.5) is 11.5 Å². The minimum absolute atomic E-state index is 0.0158. The molecule has 3 rings (SSSR count). The molecule has 0 fully saturated rings. The molecule has 1 aromatic heterocycles. The maximum Gasteiger partial charge on any atom is 0.269 e. The first-order valence-electron chi connectivity index (χ1n) is 8.41. The van der Waals surface area contributed by atoms with Gasteiger partial charge in [-0.05, 0) is 31.2 Å². The zero-order valence-electron chi connectivity index (χ0n) is 15.3. The number of hydrogen-bond donors (Lipinski definition) is 1. The lowest BCUT2D eigenvalue weighted by Crippen LogP contribution is -2.12. The van der Waals surface area contributed by atoms with E-state index in [9.17, 15) is 14.9 Å². The fraction of sp³-hybridized carbons (Fsp3) is 0.100. The second kappa shape index (κ2) is 8.17. The number of nitrogens with zero attached hydrogens (tertiary/aromatic N) is 3. The van der Waals surface area contributed by atoms with Gasteiger partial charge in [0.15, 0.2) is 0 Å². The molecule has 0 unspecified atom stereocenters. The number of benzene rings is 2. The van der Waals surface area contributed by atoms with Crippen molar-refractivity contribution < 1.29 is 14.5 Å². The number of nitro benzene ring substituents is 1. The average molecular weight is 378 g/mol. The first kappa shape index (κ1) is 18.8. The Hall–Kier alpha value is -3.94. The predicted molar refractivity (Wildman–Crippen MR) is 106 cm³/mol. The monoisotopic (exact) mass is 378 g/mol. The summed E-state index contributed by atoms with van der Waals surface area (Å²) in [6, 6.07) is 15.0. The van der Waals surface area contributed by atoms with Gasteiger partial charge in [0.05, 0.1) is 23.4 Å². The molecule has 0 saturated heterocycles. The zero-order chi connectivity index (χ0) is 20.1. The SMILES string of the molecule is COc1ccccc1/C=C/C(=O)Nc1cc(C)nn1-c1ccc([N+](=O)[O-])cc1. The van der Waals surface area contributed by atoms with Crippen molar-refractivity contribution in [1.29, 1.82) is 0 Å². The van der Waals surface area contributed by atoms with Gasteiger partial charge >= 0.3 is 0 Å². The Morgan fingerprint density at radius 3 is 2.61 bits per heavy atom. The highest BCUT2D eigenvalue weighted by molar-refractivity contribution is 6.01. The van der Waals surface area contributed by atoms with Crippen LogP contribution in [0.15, 0.2) is 60.7 Å². The van der Waals surface area contributed by atoms with Crippen LogP contribution in [0.5, 0.6) is 5.75 Å². The first-order valence-corrected chi connectivity index (χ1v) is 8.41. The number of hydrogen-bond acceptors (Lipinski definition) is 5. The maximum atomic E-state index is 12.4. The summed E-state index contributed by atoms with van der Waals surface area (Å²) in [6.07, 6.45) is 3.06. The predicted octanol–water partition coefficient (Wildman–Crippen LogP) is 3.75. The van der Waals surface area contributed by atoms with Crippen LogP contribution in [0.1, 0.15) is 11.3 Å². The van der Waals surface area contributed by atoms with E-state index in [4.69, 9.17) is 4.74 Å². The van der Waals surface area contributed by atoms with Crippen molar-refractivity contribution in [1.82, 2.24) is 9.78 Å². The molecule has 142 valence electrons. The lowest BCUT2D eigenvalue weighted by Gasteiger charge is -2.07. The Balaban J connectivity index is 1.80. The van der Waals surface area contributed by atoms with Crippen LogP contribution < -0.4 is 10.1 Å². The molecule has 0 aliphatic carbocycles. The van der Waals surface area contributed by atoms with E-state index in [1.807, 2.05) is 24.3 Å². The number of nitrogens with one attached hydrogen (secondary N) is 1. The van der Waals surface area contributed by atoms with E-state index >= 15 is 0 Å². The molecular weight excluding hydrogens is 360 g/mol. The third-order valence-corrected chi connectivity index (χ3v) is 3.94. The quantitative estimate of drug-likeness (QED) is 0.400. The number of amides is 1. The number of nitro groups is 1. The van der Waals surface area contributed by atoms with Gasteiger partial charge in [0.1, 0.15) is 11.6 Å². The summed E-state index contributed by atoms with van der Waals surface area (Å²) < 4.78 is 6.78. The van der Waals surface area contributed by atoms with Gasteiger partial charge in [-0.3, -0.25) is 14.9 Å². The standard InChI is InChI=1S/C20H18N4O4/c1-14-13-19(23(22-14)16-8-10-17(11-9-16)24(26)27)21-20(25)12-7-15-5-3-4-6-18(15)28-2/h3-13H,1-2H3,(H,21,25)/b12-7+. The molecule has 0 aliphatic rings. The van der Waals surface area contributed by atoms with Crippen molar-refractivity contribution in [2.75, 3.05) is 12.4 Å². The molecule has 0 atom stereocenters. The molecule has 1 heterocycles. The Morgan fingerprint density at radius 1 is 1.21 bits per heavy atom. The molecule has 0 spiro atoms. The Kier molecular flexibility index (Phi) is 5.50. The number of aromatic nitrogens is 2. The first-order chi connectivity index (χ1) is 13.5. The number of carbonyl (C=O) groups excluding carboxylic acids is 1. The van der Waals surface area contributed by atoms with Crippen LogP contribution in [0.25, 0.3) is 11.8 Å². The summed E-state index contributed by atoms with van der Waals surface area (Å²) in [5.41, 5.74) is 2.06. The van der Waals surface area contributed by atoms with E-state index in [1.54, 1.807) is 38.3 Å². The van der Waals surface area contributed by atoms with Gasteiger partial charge in [0.2, 0.25) is 5.91 Å². The highest BCUT2D eigenvalue weighted by Crippen LogP contribution is 2.21. The lowest BCUT2D eigenvalue weighted by atomic mass is 10.2. The third kappa shape index (κ3) is 4.24. The van der Waals surface area contributed by atoms with Crippen LogP contribution in [0, 0.1) is 17.0 Å². The van der Waals surface area contributed by atoms with E-state index < -0.39 is 4.92 Å². The van der Waals surface area contributed by atoms with Gasteiger partial charge in [-0.1, -0.05) is 18.2 Å². The molecule has 2 aromatic carbocycles. The van der Waals surface area contributed by atoms with Gasteiger partial charge in [0, 0.05) is 29.8 Å². The molecular formula is C20H18N4O4. The summed E-state index contributed by atoms with van der Waals surface area (Å²) in [6.45, 7) is 1.79. The molecule has 3 aromatic rings. The van der Waals surface area contributed by atoms with E-state index in [2.05, 4.69) is 10.4 Å². The smallest absolute Gasteiger partial charge is 0.269 e. The van der Waals surface area contributed by atoms with Gasteiger partial charge in [-0.25, -0.2) is 4.68 Å². The highest BCUT2D eigenvalue weighted by atomic mass is 16.6. The van der Waals surface area contributed by atoms with Gasteiger partial charge < -0.3 is 10.1 Å². The third-order valence-electron chi connectivity index (χ3n) is 3.94. The fourth-order valence-electron chi connectivity index (χ4n) is 2.64. The second-order valence-electron chi connectivity index (χ2n) is 5.92. The Labute approximate surface area is 161 Å². The van der Waals surface area contributed by atoms with Crippen LogP contribution in [-0.4, -0.2) is 27.7 Å². The summed E-state index contributed by atoms with van der Waals surface area (Å²) in [5, 5.41) is 17.9. The minimum Gasteiger partial charge on any atom is -0.496 e. The van der Waals surface area contributed by atoms with Crippen LogP contribution in [0.3, 0.4) is 0 Å². The number of aryl methyl sites for hydroxylation is 1. The highest BCUT2D eigenvalue weighted by Gasteiger charge is 2.11. The molecule has 0 bridgehead atoms. The lowest BCUT2D eigenvalue weighted by molar-refractivity contribution is -0.384. The minimum atomic E-state index is -0.469. The van der Waals surface area contributed by atoms with Crippen molar-refractivity contribution in [2.45, 2.75) is 6.92 Å². The van der Waals surface area contributed by atoms with Gasteiger partial charge in [0.25, 0.3) is 5.69 Å². The van der Waals surface area contributed by atoms with Crippen molar-refractivity contribution >= 4 is 23.5 Å². The van der Waals surface area contributed by atoms with E-state index in [-0.39, 0.29) is 11.6 Å². The molecule has 28 heavy (non-hydrogen) atoms. The van der Waals surface area contributed by atoms with Crippen LogP contribution in [-0.2, 0) is 4.79 Å². The molecule has 8 heteroatoms. The molecule has 1 N–H and O–H groups in total. The molecule has 8 nitrogen and oxygen atoms in total. The second-order valence-corrected chi connectivity index (χ2v) is 5.92. The van der Waals surface area contributed by atoms with Crippen LogP contribution in [0.2, 0.25) is 0 Å². The van der Waals surface area contributed by atoms with Crippen molar-refractivity contribution in [3.8, 4) is 11.4 Å². The number of methoxy groups -OCH3 is 1. The van der Waals surface area contributed by atoms with Crippen molar-refractivity contribution in [2.24, 2.45) is 0 Å². The van der Waals surface area contributed by atoms with Gasteiger partial charge in [-0.15, -0.1) is 0 Å². The average Bonchev–Trinajstić information content (AvgIpc) is 3.06. The van der Waals surface area contributed by atoms with Crippen LogP contribution >= 0.6 is 0 Å². The van der Waals surface area contributed by atoms with E-state index in [0.717, 1.165) is 5.56 Å². The number of non-ortho nitro benzene ring substituents is 1. The molecule has 0 aliphatic heterocycles. The summed E-state index contributed by atoms with van der Waals surface area (Å²) in [7, 11) is 1.57. The number of ether oxygens (including phenoxy) is 1. The van der Waals surface area contributed by atoms with Gasteiger partial charge in [-0.2, -0.15) is 5.10 Å². The molecule has 0 radical (unpaired) electrons. The normalized spacial score (nSPS) is 10.8. The van der Waals surface area contributed by atoms with Crippen molar-refractivity contribution in [3.63, 3.8) is 0 Å². The summed E-state index contributed by atoms with van der Waals surface area (Å²) >= 11 is 0. The van der Waals surface area contributed by atoms with Crippen molar-refractivity contribution in [3.05, 3.63) is 82.0 Å². The topological polar surface area (TPSA) is 99.3 Å². The fourth-order valence-corrected chi connectivity index (χ4v) is 2.64. The zero-order valence-corrected chi connectivity index (χ0v) is 15.3. The molecule has 1 amide bonds. The number of para-hydroxylation sites is 1. The number of anilines is 1. The number of carbonyl (C=O) groups is 1. The maximum absolute atomic E-state index is 12.4. The molecule has 0 saturated carbocycles. The summed E-state index contributed by atoms with van der Waals surface area (Å²) in [4.78, 5) is 22.7. The van der Waals surface area contributed by atoms with E-state index in [0.29, 0.717) is 22.9 Å². The Bertz CT molecular complexity index is 1040. The number of rotatable bonds is 6.